The number of nitrogens with zero attached hydrogens (tertiary/aromatic N) is 1. The minimum atomic E-state index is -4.86. The van der Waals surface area contributed by atoms with Crippen molar-refractivity contribution >= 4 is 0 Å². The molecular formula is C23H23F6NO. The number of hydrogen-bond acceptors (Lipinski definition) is 2. The van der Waals surface area contributed by atoms with Gasteiger partial charge in [-0.15, -0.1) is 0 Å². The van der Waals surface area contributed by atoms with Gasteiger partial charge in [-0.3, -0.25) is 4.90 Å². The molecule has 8 heteroatoms. The lowest BCUT2D eigenvalue weighted by atomic mass is 9.92. The SMILES string of the molecule is FC(F)(F)c1cc(CO[C@H]2CCCN(C3CC3)[C@H]2c2ccccc2)cc(C(F)(F)F)c1. The van der Waals surface area contributed by atoms with Crippen LogP contribution in [0, 0.1) is 0 Å². The second kappa shape index (κ2) is 8.47. The van der Waals surface area contributed by atoms with Crippen molar-refractivity contribution in [1.29, 1.82) is 0 Å². The lowest BCUT2D eigenvalue weighted by Gasteiger charge is -2.41. The first kappa shape index (κ1) is 22.1. The zero-order valence-electron chi connectivity index (χ0n) is 16.7. The van der Waals surface area contributed by atoms with E-state index in [0.29, 0.717) is 12.5 Å². The van der Waals surface area contributed by atoms with E-state index in [9.17, 15) is 26.3 Å². The summed E-state index contributed by atoms with van der Waals surface area (Å²) in [7, 11) is 0. The highest BCUT2D eigenvalue weighted by Crippen LogP contribution is 2.42. The standard InChI is InChI=1S/C23H23F6NO/c24-22(25,26)17-11-15(12-18(13-17)23(27,28)29)14-31-20-7-4-10-30(19-8-9-19)21(20)16-5-2-1-3-6-16/h1-3,5-6,11-13,19-21H,4,7-10,14H2/t20-,21-/m0/s1. The van der Waals surface area contributed by atoms with Crippen molar-refractivity contribution in [2.75, 3.05) is 6.54 Å². The molecule has 1 heterocycles. The topological polar surface area (TPSA) is 12.5 Å². The second-order valence-electron chi connectivity index (χ2n) is 8.23. The summed E-state index contributed by atoms with van der Waals surface area (Å²) in [5, 5.41) is 0. The van der Waals surface area contributed by atoms with E-state index in [1.807, 2.05) is 30.3 Å². The molecule has 1 aliphatic heterocycles. The van der Waals surface area contributed by atoms with Gasteiger partial charge < -0.3 is 4.74 Å². The molecule has 1 saturated carbocycles. The first-order valence-electron chi connectivity index (χ1n) is 10.3. The van der Waals surface area contributed by atoms with Crippen LogP contribution in [-0.2, 0) is 23.7 Å². The van der Waals surface area contributed by atoms with E-state index >= 15 is 0 Å². The van der Waals surface area contributed by atoms with Crippen molar-refractivity contribution in [3.05, 3.63) is 70.8 Å². The summed E-state index contributed by atoms with van der Waals surface area (Å²) in [6, 6.07) is 11.8. The molecule has 2 aliphatic rings. The van der Waals surface area contributed by atoms with E-state index < -0.39 is 23.5 Å². The molecule has 0 amide bonds. The average molecular weight is 443 g/mol. The molecule has 2 aromatic carbocycles. The van der Waals surface area contributed by atoms with Crippen LogP contribution in [0.4, 0.5) is 26.3 Å². The van der Waals surface area contributed by atoms with Crippen molar-refractivity contribution < 1.29 is 31.1 Å². The van der Waals surface area contributed by atoms with Crippen molar-refractivity contribution in [1.82, 2.24) is 4.90 Å². The smallest absolute Gasteiger partial charge is 0.372 e. The number of ether oxygens (including phenoxy) is 1. The largest absolute Gasteiger partial charge is 0.416 e. The van der Waals surface area contributed by atoms with Gasteiger partial charge in [-0.2, -0.15) is 26.3 Å². The number of likely N-dealkylation sites (tertiary alicyclic amines) is 1. The van der Waals surface area contributed by atoms with Crippen LogP contribution in [0.2, 0.25) is 0 Å². The van der Waals surface area contributed by atoms with Gasteiger partial charge in [0.1, 0.15) is 0 Å². The molecule has 2 fully saturated rings. The van der Waals surface area contributed by atoms with E-state index in [-0.39, 0.29) is 30.4 Å². The van der Waals surface area contributed by atoms with Crippen molar-refractivity contribution in [2.45, 2.75) is 62.8 Å². The van der Waals surface area contributed by atoms with E-state index in [1.165, 1.54) is 0 Å². The van der Waals surface area contributed by atoms with Crippen LogP contribution >= 0.6 is 0 Å². The van der Waals surface area contributed by atoms with Gasteiger partial charge in [0, 0.05) is 6.04 Å². The predicted molar refractivity (Wildman–Crippen MR) is 103 cm³/mol. The maximum absolute atomic E-state index is 13.1. The van der Waals surface area contributed by atoms with Crippen molar-refractivity contribution in [3.63, 3.8) is 0 Å². The third-order valence-corrected chi connectivity index (χ3v) is 5.88. The number of halogens is 6. The van der Waals surface area contributed by atoms with E-state index in [1.54, 1.807) is 0 Å². The molecule has 0 N–H and O–H groups in total. The molecular weight excluding hydrogens is 420 g/mol. The molecule has 0 spiro atoms. The fourth-order valence-electron chi connectivity index (χ4n) is 4.34. The second-order valence-corrected chi connectivity index (χ2v) is 8.23. The van der Waals surface area contributed by atoms with E-state index in [4.69, 9.17) is 4.74 Å². The van der Waals surface area contributed by atoms with Gasteiger partial charge >= 0.3 is 12.4 Å². The average Bonchev–Trinajstić information content (AvgIpc) is 3.56. The first-order valence-corrected chi connectivity index (χ1v) is 10.3. The molecule has 2 nitrogen and oxygen atoms in total. The summed E-state index contributed by atoms with van der Waals surface area (Å²) in [6.07, 6.45) is -6.26. The number of alkyl halides is 6. The lowest BCUT2D eigenvalue weighted by molar-refractivity contribution is -0.143. The van der Waals surface area contributed by atoms with Crippen molar-refractivity contribution in [2.24, 2.45) is 0 Å². The van der Waals surface area contributed by atoms with Crippen LogP contribution < -0.4 is 0 Å². The van der Waals surface area contributed by atoms with Gasteiger partial charge in [0.15, 0.2) is 0 Å². The van der Waals surface area contributed by atoms with Crippen molar-refractivity contribution in [3.8, 4) is 0 Å². The van der Waals surface area contributed by atoms with Crippen LogP contribution in [0.15, 0.2) is 48.5 Å². The molecule has 0 radical (unpaired) electrons. The Balaban J connectivity index is 1.58. The lowest BCUT2D eigenvalue weighted by Crippen LogP contribution is -2.44. The monoisotopic (exact) mass is 443 g/mol. The summed E-state index contributed by atoms with van der Waals surface area (Å²) < 4.78 is 84.9. The maximum Gasteiger partial charge on any atom is 0.416 e. The van der Waals surface area contributed by atoms with Crippen LogP contribution in [0.1, 0.15) is 54.0 Å². The summed E-state index contributed by atoms with van der Waals surface area (Å²) in [6.45, 7) is 0.603. The Bertz CT molecular complexity index is 859. The Labute approximate surface area is 176 Å². The van der Waals surface area contributed by atoms with E-state index in [0.717, 1.165) is 43.5 Å². The molecule has 168 valence electrons. The van der Waals surface area contributed by atoms with Crippen LogP contribution in [0.25, 0.3) is 0 Å². The van der Waals surface area contributed by atoms with Gasteiger partial charge in [-0.1, -0.05) is 30.3 Å². The Morgan fingerprint density at radius 1 is 0.839 bits per heavy atom. The summed E-state index contributed by atoms with van der Waals surface area (Å²) in [5.41, 5.74) is -1.70. The fourth-order valence-corrected chi connectivity index (χ4v) is 4.34. The molecule has 2 aromatic rings. The Hall–Kier alpha value is -2.06. The Kier molecular flexibility index (Phi) is 6.05. The number of benzene rings is 2. The highest BCUT2D eigenvalue weighted by atomic mass is 19.4. The Morgan fingerprint density at radius 3 is 2.00 bits per heavy atom. The van der Waals surface area contributed by atoms with Crippen LogP contribution in [0.5, 0.6) is 0 Å². The summed E-state index contributed by atoms with van der Waals surface area (Å²) in [4.78, 5) is 2.37. The van der Waals surface area contributed by atoms with Gasteiger partial charge in [0.2, 0.25) is 0 Å². The van der Waals surface area contributed by atoms with Gasteiger partial charge in [-0.05, 0) is 61.6 Å². The minimum absolute atomic E-state index is 0.0599. The summed E-state index contributed by atoms with van der Waals surface area (Å²) in [5.74, 6) is 0. The number of hydrogen-bond donors (Lipinski definition) is 0. The molecule has 1 saturated heterocycles. The molecule has 0 aromatic heterocycles. The highest BCUT2D eigenvalue weighted by molar-refractivity contribution is 5.33. The molecule has 2 atom stereocenters. The maximum atomic E-state index is 13.1. The zero-order chi connectivity index (χ0) is 22.2. The Morgan fingerprint density at radius 2 is 1.45 bits per heavy atom. The molecule has 4 rings (SSSR count). The third kappa shape index (κ3) is 5.23. The van der Waals surface area contributed by atoms with Gasteiger partial charge in [0.25, 0.3) is 0 Å². The molecule has 0 bridgehead atoms. The molecule has 1 aliphatic carbocycles. The molecule has 31 heavy (non-hydrogen) atoms. The zero-order valence-corrected chi connectivity index (χ0v) is 16.7. The minimum Gasteiger partial charge on any atom is -0.372 e. The number of rotatable bonds is 5. The first-order chi connectivity index (χ1) is 14.6. The predicted octanol–water partition coefficient (Wildman–Crippen LogP) is 6.61. The molecule has 0 unspecified atom stereocenters. The number of piperidine rings is 1. The fraction of sp³-hybridized carbons (Fsp3) is 0.478. The van der Waals surface area contributed by atoms with E-state index in [2.05, 4.69) is 4.90 Å². The van der Waals surface area contributed by atoms with Crippen LogP contribution in [0.3, 0.4) is 0 Å². The van der Waals surface area contributed by atoms with Crippen LogP contribution in [-0.4, -0.2) is 23.6 Å². The summed E-state index contributed by atoms with van der Waals surface area (Å²) >= 11 is 0. The highest BCUT2D eigenvalue weighted by Gasteiger charge is 2.41. The van der Waals surface area contributed by atoms with Gasteiger partial charge in [-0.25, -0.2) is 0 Å². The normalized spacial score (nSPS) is 23.2. The third-order valence-electron chi connectivity index (χ3n) is 5.88. The van der Waals surface area contributed by atoms with Gasteiger partial charge in [0.05, 0.1) is 29.9 Å². The quantitative estimate of drug-likeness (QED) is 0.482.